The molecule has 0 spiro atoms. The number of phenols is 4. The molecule has 8 N–H and O–H groups in total. The molecule has 0 amide bonds. The summed E-state index contributed by atoms with van der Waals surface area (Å²) in [5.41, 5.74) is -4.70. The van der Waals surface area contributed by atoms with Crippen LogP contribution in [0.25, 0.3) is 21.5 Å². The summed E-state index contributed by atoms with van der Waals surface area (Å²) in [4.78, 5) is 19.9. The number of nitro benzene ring substituents is 2. The smallest absolute Gasteiger partial charge is 0.319 e. The second kappa shape index (κ2) is 25.4. The Morgan fingerprint density at radius 1 is 0.551 bits per heavy atom. The molecule has 33 nitrogen and oxygen atoms in total. The SMILES string of the molecule is O=[N+]([O-])c1cc(N=Nc2ccc(O)c(N=Nc3cc(S(=O)(=O)O)cc4cc(SOOO)c(N=Nc5ccc(N=Nc6ccc(S(=O)(=O)CCOSOOO)cc6)c6ccc(SOOO)cc56)c(O)c34)c2O)c(O)c([N+](=O)[O-])c1. The Morgan fingerprint density at radius 3 is 1.86 bits per heavy atom. The number of nitrogens with zero attached hydrogens (tertiary/aromatic N) is 10. The van der Waals surface area contributed by atoms with Gasteiger partial charge in [0.1, 0.15) is 22.8 Å². The molecule has 7 aromatic rings. The summed E-state index contributed by atoms with van der Waals surface area (Å²) in [6, 6.07) is 18.4. The van der Waals surface area contributed by atoms with E-state index < -0.39 is 103 Å². The fourth-order valence-corrected chi connectivity index (χ4v) is 9.42. The van der Waals surface area contributed by atoms with Gasteiger partial charge in [0.25, 0.3) is 15.8 Å². The van der Waals surface area contributed by atoms with Crippen LogP contribution in [0.15, 0.2) is 158 Å². The molecule has 0 fully saturated rings. The van der Waals surface area contributed by atoms with Gasteiger partial charge in [-0.3, -0.25) is 29.0 Å². The molecular formula is C40H28N10O23S5. The quantitative estimate of drug-likeness (QED) is 0.00530. The summed E-state index contributed by atoms with van der Waals surface area (Å²) < 4.78 is 78.6. The number of hydrogen-bond donors (Lipinski definition) is 8. The largest absolute Gasteiger partial charge is 0.505 e. The predicted octanol–water partition coefficient (Wildman–Crippen LogP) is 12.2. The lowest BCUT2D eigenvalue weighted by Gasteiger charge is -2.12. The first kappa shape index (κ1) is 57.7. The minimum Gasteiger partial charge on any atom is -0.505 e. The molecule has 0 bridgehead atoms. The van der Waals surface area contributed by atoms with Gasteiger partial charge in [-0.25, -0.2) is 24.2 Å². The zero-order chi connectivity index (χ0) is 56.3. The van der Waals surface area contributed by atoms with Crippen molar-refractivity contribution < 1.29 is 99.7 Å². The number of hydrogen-bond acceptors (Lipinski definition) is 33. The molecule has 0 aliphatic heterocycles. The van der Waals surface area contributed by atoms with Gasteiger partial charge in [-0.2, -0.15) is 13.5 Å². The number of benzene rings is 7. The summed E-state index contributed by atoms with van der Waals surface area (Å²) in [5, 5.41) is 136. The maximum atomic E-state index is 12.7. The second-order valence-corrected chi connectivity index (χ2v) is 20.2. The van der Waals surface area contributed by atoms with E-state index in [0.717, 1.165) is 30.3 Å². The van der Waals surface area contributed by atoms with Crippen molar-refractivity contribution in [3.8, 4) is 23.0 Å². The summed E-state index contributed by atoms with van der Waals surface area (Å²) in [6.07, 6.45) is 0. The summed E-state index contributed by atoms with van der Waals surface area (Å²) in [7, 11) is -8.91. The summed E-state index contributed by atoms with van der Waals surface area (Å²) in [6.45, 7) is -0.314. The minimum absolute atomic E-state index is 0.0435. The van der Waals surface area contributed by atoms with Crippen LogP contribution in [0.3, 0.4) is 0 Å². The first-order valence-electron chi connectivity index (χ1n) is 20.4. The zero-order valence-electron chi connectivity index (χ0n) is 37.9. The first-order chi connectivity index (χ1) is 37.2. The maximum Gasteiger partial charge on any atom is 0.319 e. The van der Waals surface area contributed by atoms with Crippen molar-refractivity contribution in [3.05, 3.63) is 117 Å². The molecule has 0 heterocycles. The lowest BCUT2D eigenvalue weighted by atomic mass is 10.1. The number of sulfone groups is 1. The lowest BCUT2D eigenvalue weighted by molar-refractivity contribution is -0.434. The number of rotatable bonds is 24. The third-order valence-electron chi connectivity index (χ3n) is 10.0. The molecule has 0 aliphatic rings. The number of fused-ring (bicyclic) bond motifs is 2. The fraction of sp³-hybridized carbons (Fsp3) is 0.0500. The van der Waals surface area contributed by atoms with Gasteiger partial charge in [-0.1, -0.05) is 21.2 Å². The van der Waals surface area contributed by atoms with Crippen molar-refractivity contribution >= 4 is 135 Å². The van der Waals surface area contributed by atoms with Gasteiger partial charge in [-0.05, 0) is 84.2 Å². The highest BCUT2D eigenvalue weighted by molar-refractivity contribution is 7.95. The Hall–Kier alpha value is -8.03. The third-order valence-corrected chi connectivity index (χ3v) is 14.1. The fourth-order valence-electron chi connectivity index (χ4n) is 6.58. The van der Waals surface area contributed by atoms with Crippen LogP contribution in [0.5, 0.6) is 23.0 Å². The van der Waals surface area contributed by atoms with E-state index in [4.69, 9.17) is 20.0 Å². The van der Waals surface area contributed by atoms with Gasteiger partial charge in [0, 0.05) is 21.7 Å². The van der Waals surface area contributed by atoms with Crippen molar-refractivity contribution in [1.29, 1.82) is 0 Å². The van der Waals surface area contributed by atoms with E-state index in [2.05, 4.69) is 69.0 Å². The molecule has 38 heteroatoms. The Kier molecular flexibility index (Phi) is 18.8. The second-order valence-electron chi connectivity index (χ2n) is 14.6. The number of phenolic OH excluding ortho intramolecular Hbond substituents is 4. The highest BCUT2D eigenvalue weighted by Gasteiger charge is 2.26. The molecule has 0 saturated carbocycles. The van der Waals surface area contributed by atoms with E-state index in [1.165, 1.54) is 48.5 Å². The Balaban J connectivity index is 1.29. The maximum absolute atomic E-state index is 12.7. The predicted molar refractivity (Wildman–Crippen MR) is 265 cm³/mol. The summed E-state index contributed by atoms with van der Waals surface area (Å²) >= 11 is 1.01. The molecule has 0 aromatic heterocycles. The van der Waals surface area contributed by atoms with E-state index in [1.54, 1.807) is 6.07 Å². The average molecular weight is 1180 g/mol. The topological polar surface area (TPSA) is 480 Å². The van der Waals surface area contributed by atoms with E-state index in [1.807, 2.05) is 0 Å². The average Bonchev–Trinajstić information content (AvgIpc) is 3.41. The number of aromatic hydroxyl groups is 4. The minimum atomic E-state index is -5.09. The van der Waals surface area contributed by atoms with Gasteiger partial charge in [-0.15, -0.1) is 48.8 Å². The number of azo groups is 4. The molecule has 0 saturated heterocycles. The standard InChI is InChI=1S/C40H28N10O23S5/c51-33-10-9-29(44-46-31-15-21(49(55)56)16-32(38(31)52)50(57)58)39(53)36(33)47-45-30-18-24(78(64,65)66)13-19-14-34(75-72-69-60)37(40(54)35(19)30)48-43-28-8-7-27(25-6-3-22(17-26(25)28)74-71-68-59)42-41-20-1-4-23(5-2-20)77(62,63)12-11-67-76-73-70-61/h1-10,13-18,51-54,59-61H,11-12H2,(H,64,65,66). The van der Waals surface area contributed by atoms with Gasteiger partial charge < -0.3 is 20.4 Å². The van der Waals surface area contributed by atoms with Crippen LogP contribution in [-0.2, 0) is 52.3 Å². The Labute approximate surface area is 445 Å². The molecule has 406 valence electrons. The summed E-state index contributed by atoms with van der Waals surface area (Å²) in [5.74, 6) is -4.26. The third kappa shape index (κ3) is 13.7. The lowest BCUT2D eigenvalue weighted by Crippen LogP contribution is -2.10. The van der Waals surface area contributed by atoms with Crippen molar-refractivity contribution in [3.63, 3.8) is 0 Å². The van der Waals surface area contributed by atoms with Gasteiger partial charge in [0.05, 0.1) is 95.2 Å². The Bertz CT molecular complexity index is 3820. The van der Waals surface area contributed by atoms with E-state index >= 15 is 0 Å². The molecule has 7 rings (SSSR count). The van der Waals surface area contributed by atoms with Crippen LogP contribution in [0.1, 0.15) is 0 Å². The molecule has 0 aliphatic carbocycles. The molecule has 78 heavy (non-hydrogen) atoms. The monoisotopic (exact) mass is 1180 g/mol. The Morgan fingerprint density at radius 2 is 1.18 bits per heavy atom. The van der Waals surface area contributed by atoms with E-state index in [-0.39, 0.29) is 74.0 Å². The molecule has 7 aromatic carbocycles. The number of non-ortho nitro benzene ring substituents is 1. The van der Waals surface area contributed by atoms with Crippen molar-refractivity contribution in [1.82, 2.24) is 0 Å². The van der Waals surface area contributed by atoms with Crippen LogP contribution >= 0.6 is 36.4 Å². The van der Waals surface area contributed by atoms with Crippen molar-refractivity contribution in [2.75, 3.05) is 12.4 Å². The first-order valence-corrected chi connectivity index (χ1v) is 25.6. The molecular weight excluding hydrogens is 1150 g/mol. The normalized spacial score (nSPS) is 12.4. The van der Waals surface area contributed by atoms with Gasteiger partial charge >= 0.3 is 5.69 Å². The van der Waals surface area contributed by atoms with Gasteiger partial charge in [0.2, 0.25) is 5.75 Å². The zero-order valence-corrected chi connectivity index (χ0v) is 41.9. The molecule has 0 atom stereocenters. The van der Waals surface area contributed by atoms with Crippen molar-refractivity contribution in [2.24, 2.45) is 40.9 Å². The van der Waals surface area contributed by atoms with Gasteiger partial charge in [0.15, 0.2) is 39.3 Å². The number of nitro groups is 2. The molecule has 0 radical (unpaired) electrons. The molecule has 0 unspecified atom stereocenters. The highest BCUT2D eigenvalue weighted by atomic mass is 32.2. The van der Waals surface area contributed by atoms with Crippen LogP contribution in [-0.4, -0.2) is 79.8 Å². The van der Waals surface area contributed by atoms with E-state index in [0.29, 0.717) is 34.5 Å². The van der Waals surface area contributed by atoms with E-state index in [9.17, 15) is 62.0 Å². The van der Waals surface area contributed by atoms with Crippen LogP contribution in [0.2, 0.25) is 0 Å². The van der Waals surface area contributed by atoms with Crippen LogP contribution in [0, 0.1) is 20.2 Å². The van der Waals surface area contributed by atoms with Crippen LogP contribution < -0.4 is 0 Å². The van der Waals surface area contributed by atoms with Crippen molar-refractivity contribution in [2.45, 2.75) is 19.6 Å². The highest BCUT2D eigenvalue weighted by Crippen LogP contribution is 2.50. The van der Waals surface area contributed by atoms with Crippen LogP contribution in [0.4, 0.5) is 56.9 Å².